The Hall–Kier alpha value is -3.18. The third-order valence-electron chi connectivity index (χ3n) is 4.06. The number of rotatable bonds is 3. The lowest BCUT2D eigenvalue weighted by atomic mass is 10.1. The number of nitrogens with two attached hydrogens (primary N) is 1. The van der Waals surface area contributed by atoms with Crippen LogP contribution in [0.4, 0.5) is 5.95 Å². The summed E-state index contributed by atoms with van der Waals surface area (Å²) in [5.41, 5.74) is 9.72. The zero-order valence-corrected chi connectivity index (χ0v) is 14.7. The van der Waals surface area contributed by atoms with Gasteiger partial charge in [-0.15, -0.1) is 0 Å². The van der Waals surface area contributed by atoms with Crippen LogP contribution in [0.15, 0.2) is 60.7 Å². The summed E-state index contributed by atoms with van der Waals surface area (Å²) in [6.07, 6.45) is 0. The van der Waals surface area contributed by atoms with Gasteiger partial charge in [-0.3, -0.25) is 0 Å². The van der Waals surface area contributed by atoms with Crippen LogP contribution in [0.2, 0.25) is 5.15 Å². The second-order valence-electron chi connectivity index (χ2n) is 5.75. The van der Waals surface area contributed by atoms with E-state index in [2.05, 4.69) is 15.0 Å². The molecule has 2 aromatic heterocycles. The van der Waals surface area contributed by atoms with Crippen molar-refractivity contribution in [1.82, 2.24) is 15.0 Å². The van der Waals surface area contributed by atoms with Gasteiger partial charge in [0.05, 0.1) is 24.0 Å². The van der Waals surface area contributed by atoms with Crippen molar-refractivity contribution in [3.05, 3.63) is 65.8 Å². The van der Waals surface area contributed by atoms with Gasteiger partial charge < -0.3 is 10.5 Å². The third-order valence-corrected chi connectivity index (χ3v) is 4.35. The van der Waals surface area contributed by atoms with Crippen LogP contribution in [0.5, 0.6) is 5.75 Å². The summed E-state index contributed by atoms with van der Waals surface area (Å²) in [5.74, 6) is 0.933. The highest BCUT2D eigenvalue weighted by Crippen LogP contribution is 2.32. The molecule has 0 saturated carbocycles. The summed E-state index contributed by atoms with van der Waals surface area (Å²) in [6.45, 7) is 0. The summed E-state index contributed by atoms with van der Waals surface area (Å²) in [6, 6.07) is 19.2. The second-order valence-corrected chi connectivity index (χ2v) is 6.11. The van der Waals surface area contributed by atoms with E-state index < -0.39 is 0 Å². The average Bonchev–Trinajstić information content (AvgIpc) is 2.67. The van der Waals surface area contributed by atoms with Gasteiger partial charge >= 0.3 is 0 Å². The Morgan fingerprint density at radius 3 is 2.42 bits per heavy atom. The lowest BCUT2D eigenvalue weighted by molar-refractivity contribution is 0.415. The van der Waals surface area contributed by atoms with Gasteiger partial charge in [0.2, 0.25) is 5.95 Å². The first kappa shape index (κ1) is 16.3. The van der Waals surface area contributed by atoms with Crippen LogP contribution in [-0.2, 0) is 0 Å². The molecule has 0 unspecified atom stereocenters. The summed E-state index contributed by atoms with van der Waals surface area (Å²) in [4.78, 5) is 13.2. The molecule has 0 bridgehead atoms. The minimum absolute atomic E-state index is 0.183. The Morgan fingerprint density at radius 2 is 1.65 bits per heavy atom. The number of nitrogen functional groups attached to an aromatic ring is 1. The predicted octanol–water partition coefficient (Wildman–Crippen LogP) is 4.60. The fourth-order valence-corrected chi connectivity index (χ4v) is 3.04. The smallest absolute Gasteiger partial charge is 0.221 e. The van der Waals surface area contributed by atoms with Gasteiger partial charge in [-0.05, 0) is 30.3 Å². The van der Waals surface area contributed by atoms with Gasteiger partial charge in [0, 0.05) is 16.5 Å². The number of halogens is 1. The summed E-state index contributed by atoms with van der Waals surface area (Å²) >= 11 is 6.42. The minimum atomic E-state index is 0.183. The van der Waals surface area contributed by atoms with E-state index >= 15 is 0 Å². The van der Waals surface area contributed by atoms with Crippen molar-refractivity contribution in [3.63, 3.8) is 0 Å². The first-order chi connectivity index (χ1) is 12.6. The molecule has 0 spiro atoms. The number of methoxy groups -OCH3 is 1. The third kappa shape index (κ3) is 3.05. The van der Waals surface area contributed by atoms with E-state index in [9.17, 15) is 0 Å². The zero-order chi connectivity index (χ0) is 18.1. The summed E-state index contributed by atoms with van der Waals surface area (Å²) in [7, 11) is 1.63. The van der Waals surface area contributed by atoms with Crippen LogP contribution in [0.1, 0.15) is 0 Å². The maximum atomic E-state index is 6.42. The summed E-state index contributed by atoms with van der Waals surface area (Å²) < 4.78 is 5.29. The van der Waals surface area contributed by atoms with Crippen molar-refractivity contribution in [2.75, 3.05) is 12.8 Å². The maximum Gasteiger partial charge on any atom is 0.221 e. The molecule has 0 atom stereocenters. The fraction of sp³-hybridized carbons (Fsp3) is 0.0500. The van der Waals surface area contributed by atoms with Gasteiger partial charge in [0.15, 0.2) is 0 Å². The molecule has 0 fully saturated rings. The molecular weight excluding hydrogens is 348 g/mol. The molecule has 0 aliphatic carbocycles. The van der Waals surface area contributed by atoms with Gasteiger partial charge in [0.25, 0.3) is 0 Å². The highest BCUT2D eigenvalue weighted by molar-refractivity contribution is 6.32. The minimum Gasteiger partial charge on any atom is -0.497 e. The number of pyridine rings is 1. The summed E-state index contributed by atoms with van der Waals surface area (Å²) in [5, 5.41) is 1.27. The number of aromatic nitrogens is 3. The number of anilines is 1. The fourth-order valence-electron chi connectivity index (χ4n) is 2.80. The Morgan fingerprint density at radius 1 is 0.885 bits per heavy atom. The molecule has 0 aliphatic rings. The number of hydrogen-bond acceptors (Lipinski definition) is 5. The molecule has 4 aromatic rings. The first-order valence-electron chi connectivity index (χ1n) is 7.99. The molecule has 0 saturated heterocycles. The van der Waals surface area contributed by atoms with E-state index in [1.54, 1.807) is 7.11 Å². The monoisotopic (exact) mass is 362 g/mol. The van der Waals surface area contributed by atoms with E-state index in [4.69, 9.17) is 22.1 Å². The highest BCUT2D eigenvalue weighted by Gasteiger charge is 2.12. The second kappa shape index (κ2) is 6.61. The van der Waals surface area contributed by atoms with E-state index in [1.165, 1.54) is 0 Å². The van der Waals surface area contributed by atoms with Crippen LogP contribution in [-0.4, -0.2) is 22.1 Å². The van der Waals surface area contributed by atoms with Gasteiger partial charge in [-0.1, -0.05) is 41.9 Å². The largest absolute Gasteiger partial charge is 0.497 e. The molecule has 0 radical (unpaired) electrons. The van der Waals surface area contributed by atoms with Crippen molar-refractivity contribution in [2.45, 2.75) is 0 Å². The average molecular weight is 363 g/mol. The van der Waals surface area contributed by atoms with Crippen molar-refractivity contribution >= 4 is 28.5 Å². The van der Waals surface area contributed by atoms with Crippen LogP contribution >= 0.6 is 11.6 Å². The Bertz CT molecular complexity index is 1100. The number of ether oxygens (including phenoxy) is 1. The normalized spacial score (nSPS) is 10.8. The Kier molecular flexibility index (Phi) is 4.14. The van der Waals surface area contributed by atoms with E-state index in [-0.39, 0.29) is 5.95 Å². The quantitative estimate of drug-likeness (QED) is 0.539. The lowest BCUT2D eigenvalue weighted by Gasteiger charge is -2.09. The number of nitrogens with zero attached hydrogens (tertiary/aromatic N) is 3. The van der Waals surface area contributed by atoms with Crippen LogP contribution < -0.4 is 10.5 Å². The molecule has 2 aromatic carbocycles. The van der Waals surface area contributed by atoms with Crippen LogP contribution in [0.3, 0.4) is 0 Å². The molecule has 26 heavy (non-hydrogen) atoms. The standard InChI is InChI=1S/C20H15ClN4O/c1-26-14-7-8-16-13(9-14)10-15(19(21)23-16)18-11-17(24-20(22)25-18)12-5-3-2-4-6-12/h2-11H,1H3,(H2,22,24,25). The van der Waals surface area contributed by atoms with E-state index in [0.717, 1.165) is 27.9 Å². The number of fused-ring (bicyclic) bond motifs is 1. The van der Waals surface area contributed by atoms with E-state index in [0.29, 0.717) is 16.4 Å². The van der Waals surface area contributed by atoms with Crippen molar-refractivity contribution in [2.24, 2.45) is 0 Å². The van der Waals surface area contributed by atoms with Crippen LogP contribution in [0, 0.1) is 0 Å². The van der Waals surface area contributed by atoms with Crippen LogP contribution in [0.25, 0.3) is 33.4 Å². The molecule has 2 heterocycles. The highest BCUT2D eigenvalue weighted by atomic mass is 35.5. The predicted molar refractivity (Wildman–Crippen MR) is 104 cm³/mol. The van der Waals surface area contributed by atoms with E-state index in [1.807, 2.05) is 60.7 Å². The SMILES string of the molecule is COc1ccc2nc(Cl)c(-c3cc(-c4ccccc4)nc(N)n3)cc2c1. The maximum absolute atomic E-state index is 6.42. The van der Waals surface area contributed by atoms with Crippen molar-refractivity contribution in [1.29, 1.82) is 0 Å². The topological polar surface area (TPSA) is 73.9 Å². The van der Waals surface area contributed by atoms with Gasteiger partial charge in [0.1, 0.15) is 10.9 Å². The zero-order valence-electron chi connectivity index (χ0n) is 14.0. The number of benzene rings is 2. The molecule has 0 aliphatic heterocycles. The Balaban J connectivity index is 1.89. The first-order valence-corrected chi connectivity index (χ1v) is 8.36. The molecule has 2 N–H and O–H groups in total. The molecule has 5 nitrogen and oxygen atoms in total. The Labute approximate surface area is 155 Å². The lowest BCUT2D eigenvalue weighted by Crippen LogP contribution is -1.99. The molecule has 4 rings (SSSR count). The molecule has 0 amide bonds. The van der Waals surface area contributed by atoms with Gasteiger partial charge in [-0.25, -0.2) is 15.0 Å². The molecular formula is C20H15ClN4O. The molecule has 6 heteroatoms. The van der Waals surface area contributed by atoms with Gasteiger partial charge in [-0.2, -0.15) is 0 Å². The van der Waals surface area contributed by atoms with Crippen molar-refractivity contribution in [3.8, 4) is 28.3 Å². The number of hydrogen-bond donors (Lipinski definition) is 1. The molecule has 128 valence electrons. The van der Waals surface area contributed by atoms with Crippen molar-refractivity contribution < 1.29 is 4.74 Å².